The van der Waals surface area contributed by atoms with Crippen molar-refractivity contribution in [3.8, 4) is 0 Å². The Morgan fingerprint density at radius 1 is 1.47 bits per heavy atom. The Morgan fingerprint density at radius 2 is 2.20 bits per heavy atom. The average Bonchev–Trinajstić information content (AvgIpc) is 2.52. The van der Waals surface area contributed by atoms with Crippen LogP contribution < -0.4 is 10.6 Å². The van der Waals surface area contributed by atoms with Gasteiger partial charge in [-0.15, -0.1) is 11.3 Å². The molecular weight excluding hydrogens is 206 g/mol. The van der Waals surface area contributed by atoms with Gasteiger partial charge in [-0.1, -0.05) is 6.92 Å². The van der Waals surface area contributed by atoms with Crippen LogP contribution in [0, 0.1) is 19.8 Å². The Labute approximate surface area is 95.3 Å². The van der Waals surface area contributed by atoms with Crippen molar-refractivity contribution in [1.82, 2.24) is 4.98 Å². The highest BCUT2D eigenvalue weighted by molar-refractivity contribution is 7.15. The van der Waals surface area contributed by atoms with Gasteiger partial charge in [-0.2, -0.15) is 0 Å². The Kier molecular flexibility index (Phi) is 2.98. The molecule has 4 heteroatoms. The lowest BCUT2D eigenvalue weighted by molar-refractivity contribution is 0.379. The van der Waals surface area contributed by atoms with Gasteiger partial charge in [0.25, 0.3) is 0 Å². The molecule has 2 heterocycles. The van der Waals surface area contributed by atoms with Gasteiger partial charge in [0.15, 0.2) is 5.13 Å². The molecule has 0 saturated carbocycles. The molecule has 3 nitrogen and oxygen atoms in total. The molecule has 0 aliphatic carbocycles. The van der Waals surface area contributed by atoms with Crippen molar-refractivity contribution in [3.05, 3.63) is 10.6 Å². The molecular formula is C11H19N3S. The van der Waals surface area contributed by atoms with Crippen LogP contribution in [0.25, 0.3) is 0 Å². The minimum Gasteiger partial charge on any atom is -0.347 e. The predicted molar refractivity (Wildman–Crippen MR) is 65.6 cm³/mol. The van der Waals surface area contributed by atoms with Crippen LogP contribution in [0.4, 0.5) is 5.13 Å². The van der Waals surface area contributed by atoms with E-state index in [-0.39, 0.29) is 0 Å². The number of piperidine rings is 1. The van der Waals surface area contributed by atoms with E-state index in [4.69, 9.17) is 5.73 Å². The van der Waals surface area contributed by atoms with Gasteiger partial charge in [-0.3, -0.25) is 0 Å². The fraction of sp³-hybridized carbons (Fsp3) is 0.727. The number of thiazole rings is 1. The van der Waals surface area contributed by atoms with E-state index in [1.807, 2.05) is 0 Å². The summed E-state index contributed by atoms with van der Waals surface area (Å²) in [5, 5.41) is 1.15. The Morgan fingerprint density at radius 3 is 2.73 bits per heavy atom. The summed E-state index contributed by atoms with van der Waals surface area (Å²) in [6.45, 7) is 8.49. The Hall–Kier alpha value is -0.610. The van der Waals surface area contributed by atoms with Crippen LogP contribution in [0.15, 0.2) is 0 Å². The SMILES string of the molecule is Cc1nc(N2CCC(C)C(N)C2)sc1C. The second kappa shape index (κ2) is 4.10. The van der Waals surface area contributed by atoms with Crippen molar-refractivity contribution >= 4 is 16.5 Å². The third kappa shape index (κ3) is 2.16. The summed E-state index contributed by atoms with van der Waals surface area (Å²) < 4.78 is 0. The fourth-order valence-electron chi connectivity index (χ4n) is 1.86. The maximum absolute atomic E-state index is 6.09. The summed E-state index contributed by atoms with van der Waals surface area (Å²) in [6.07, 6.45) is 1.18. The summed E-state index contributed by atoms with van der Waals surface area (Å²) >= 11 is 1.78. The molecule has 1 aromatic rings. The molecule has 0 amide bonds. The first kappa shape index (κ1) is 10.9. The first-order valence-electron chi connectivity index (χ1n) is 5.52. The lowest BCUT2D eigenvalue weighted by atomic mass is 9.95. The fourth-order valence-corrected chi connectivity index (χ4v) is 2.81. The van der Waals surface area contributed by atoms with Gasteiger partial charge in [-0.25, -0.2) is 4.98 Å². The van der Waals surface area contributed by atoms with Crippen molar-refractivity contribution in [1.29, 1.82) is 0 Å². The zero-order valence-electron chi connectivity index (χ0n) is 9.66. The third-order valence-corrected chi connectivity index (χ3v) is 4.44. The monoisotopic (exact) mass is 225 g/mol. The highest BCUT2D eigenvalue weighted by Gasteiger charge is 2.24. The first-order chi connectivity index (χ1) is 7.08. The molecule has 2 N–H and O–H groups in total. The van der Waals surface area contributed by atoms with Gasteiger partial charge in [0.1, 0.15) is 0 Å². The molecule has 84 valence electrons. The zero-order chi connectivity index (χ0) is 11.0. The van der Waals surface area contributed by atoms with E-state index < -0.39 is 0 Å². The second-order valence-corrected chi connectivity index (χ2v) is 5.70. The quantitative estimate of drug-likeness (QED) is 0.794. The van der Waals surface area contributed by atoms with Crippen LogP contribution in [0.3, 0.4) is 0 Å². The number of anilines is 1. The van der Waals surface area contributed by atoms with Gasteiger partial charge >= 0.3 is 0 Å². The molecule has 15 heavy (non-hydrogen) atoms. The van der Waals surface area contributed by atoms with E-state index in [2.05, 4.69) is 30.7 Å². The van der Waals surface area contributed by atoms with Crippen molar-refractivity contribution < 1.29 is 0 Å². The summed E-state index contributed by atoms with van der Waals surface area (Å²) in [4.78, 5) is 8.23. The van der Waals surface area contributed by atoms with Crippen LogP contribution >= 0.6 is 11.3 Å². The van der Waals surface area contributed by atoms with Crippen molar-refractivity contribution in [3.63, 3.8) is 0 Å². The largest absolute Gasteiger partial charge is 0.347 e. The van der Waals surface area contributed by atoms with Crippen molar-refractivity contribution in [2.24, 2.45) is 11.7 Å². The number of hydrogen-bond donors (Lipinski definition) is 1. The van der Waals surface area contributed by atoms with Crippen LogP contribution in [0.5, 0.6) is 0 Å². The Bertz CT molecular complexity index is 328. The highest BCUT2D eigenvalue weighted by Crippen LogP contribution is 2.28. The second-order valence-electron chi connectivity index (χ2n) is 4.51. The zero-order valence-corrected chi connectivity index (χ0v) is 10.5. The molecule has 2 atom stereocenters. The number of nitrogens with two attached hydrogens (primary N) is 1. The topological polar surface area (TPSA) is 42.2 Å². The molecule has 1 aliphatic rings. The molecule has 1 saturated heterocycles. The molecule has 2 unspecified atom stereocenters. The van der Waals surface area contributed by atoms with Gasteiger partial charge in [0, 0.05) is 24.0 Å². The standard InChI is InChI=1S/C11H19N3S/c1-7-4-5-14(6-10(7)12)11-13-8(2)9(3)15-11/h7,10H,4-6,12H2,1-3H3. The number of hydrogen-bond acceptors (Lipinski definition) is 4. The van der Waals surface area contributed by atoms with E-state index in [1.165, 1.54) is 11.3 Å². The summed E-state index contributed by atoms with van der Waals surface area (Å²) in [7, 11) is 0. The molecule has 0 spiro atoms. The van der Waals surface area contributed by atoms with Crippen LogP contribution in [0.1, 0.15) is 23.9 Å². The molecule has 0 aromatic carbocycles. The normalized spacial score (nSPS) is 27.1. The van der Waals surface area contributed by atoms with Crippen molar-refractivity contribution in [2.45, 2.75) is 33.2 Å². The molecule has 0 bridgehead atoms. The highest BCUT2D eigenvalue weighted by atomic mass is 32.1. The van der Waals surface area contributed by atoms with E-state index in [1.54, 1.807) is 11.3 Å². The van der Waals surface area contributed by atoms with Crippen LogP contribution in [-0.4, -0.2) is 24.1 Å². The van der Waals surface area contributed by atoms with E-state index in [9.17, 15) is 0 Å². The smallest absolute Gasteiger partial charge is 0.185 e. The van der Waals surface area contributed by atoms with Gasteiger partial charge < -0.3 is 10.6 Å². The average molecular weight is 225 g/mol. The first-order valence-corrected chi connectivity index (χ1v) is 6.34. The van der Waals surface area contributed by atoms with Gasteiger partial charge in [0.05, 0.1) is 5.69 Å². The van der Waals surface area contributed by atoms with E-state index in [0.29, 0.717) is 12.0 Å². The molecule has 1 fully saturated rings. The number of rotatable bonds is 1. The predicted octanol–water partition coefficient (Wildman–Crippen LogP) is 1.93. The Balaban J connectivity index is 2.12. The van der Waals surface area contributed by atoms with Crippen LogP contribution in [-0.2, 0) is 0 Å². The summed E-state index contributed by atoms with van der Waals surface area (Å²) in [5.74, 6) is 0.642. The number of nitrogens with zero attached hydrogens (tertiary/aromatic N) is 2. The van der Waals surface area contributed by atoms with E-state index in [0.717, 1.165) is 23.9 Å². The molecule has 1 aliphatic heterocycles. The summed E-state index contributed by atoms with van der Waals surface area (Å²) in [5.41, 5.74) is 7.24. The molecule has 2 rings (SSSR count). The number of aromatic nitrogens is 1. The van der Waals surface area contributed by atoms with Gasteiger partial charge in [0.2, 0.25) is 0 Å². The van der Waals surface area contributed by atoms with Crippen LogP contribution in [0.2, 0.25) is 0 Å². The third-order valence-electron chi connectivity index (χ3n) is 3.30. The maximum Gasteiger partial charge on any atom is 0.185 e. The number of aryl methyl sites for hydroxylation is 2. The van der Waals surface area contributed by atoms with Gasteiger partial charge in [-0.05, 0) is 26.2 Å². The minimum atomic E-state index is 0.295. The lowest BCUT2D eigenvalue weighted by Gasteiger charge is -2.34. The minimum absolute atomic E-state index is 0.295. The molecule has 1 aromatic heterocycles. The summed E-state index contributed by atoms with van der Waals surface area (Å²) in [6, 6.07) is 0.295. The van der Waals surface area contributed by atoms with E-state index >= 15 is 0 Å². The lowest BCUT2D eigenvalue weighted by Crippen LogP contribution is -2.47. The van der Waals surface area contributed by atoms with Crippen molar-refractivity contribution in [2.75, 3.05) is 18.0 Å². The maximum atomic E-state index is 6.09. The molecule has 0 radical (unpaired) electrons.